The molecule has 21 heavy (non-hydrogen) atoms. The van der Waals surface area contributed by atoms with Crippen molar-refractivity contribution >= 4 is 17.2 Å². The van der Waals surface area contributed by atoms with E-state index >= 15 is 0 Å². The molecule has 1 aromatic heterocycles. The summed E-state index contributed by atoms with van der Waals surface area (Å²) in [7, 11) is 0. The molecule has 2 N–H and O–H groups in total. The van der Waals surface area contributed by atoms with E-state index in [2.05, 4.69) is 31.2 Å². The van der Waals surface area contributed by atoms with Gasteiger partial charge >= 0.3 is 0 Å². The monoisotopic (exact) mass is 300 g/mol. The number of carbonyl (C=O) groups excluding carboxylic acids is 1. The maximum atomic E-state index is 12.7. The molecule has 2 aromatic rings. The van der Waals surface area contributed by atoms with Gasteiger partial charge in [0.05, 0.1) is 4.88 Å². The van der Waals surface area contributed by atoms with Gasteiger partial charge in [-0.25, -0.2) is 0 Å². The lowest BCUT2D eigenvalue weighted by Crippen LogP contribution is -2.29. The molecular formula is C17H20N2OS. The molecule has 110 valence electrons. The van der Waals surface area contributed by atoms with Crippen LogP contribution < -0.4 is 5.73 Å². The highest BCUT2D eigenvalue weighted by atomic mass is 32.1. The van der Waals surface area contributed by atoms with Crippen LogP contribution in [0.3, 0.4) is 0 Å². The third-order valence-electron chi connectivity index (χ3n) is 4.13. The van der Waals surface area contributed by atoms with E-state index in [1.165, 1.54) is 16.9 Å². The summed E-state index contributed by atoms with van der Waals surface area (Å²) in [6.07, 6.45) is 1.02. The Morgan fingerprint density at radius 2 is 2.10 bits per heavy atom. The Hall–Kier alpha value is -1.65. The van der Waals surface area contributed by atoms with Crippen molar-refractivity contribution in [2.75, 3.05) is 19.6 Å². The molecule has 0 radical (unpaired) electrons. The van der Waals surface area contributed by atoms with Crippen LogP contribution >= 0.6 is 11.3 Å². The van der Waals surface area contributed by atoms with Crippen LogP contribution in [0.25, 0.3) is 11.1 Å². The van der Waals surface area contributed by atoms with Gasteiger partial charge in [0.25, 0.3) is 5.91 Å². The predicted molar refractivity (Wildman–Crippen MR) is 87.6 cm³/mol. The van der Waals surface area contributed by atoms with Crippen molar-refractivity contribution in [3.05, 3.63) is 46.2 Å². The molecule has 1 amide bonds. The Morgan fingerprint density at radius 1 is 1.33 bits per heavy atom. The molecule has 2 heterocycles. The molecule has 0 saturated carbocycles. The van der Waals surface area contributed by atoms with Crippen molar-refractivity contribution in [1.29, 1.82) is 0 Å². The summed E-state index contributed by atoms with van der Waals surface area (Å²) in [6.45, 7) is 4.35. The summed E-state index contributed by atoms with van der Waals surface area (Å²) in [4.78, 5) is 15.5. The Balaban J connectivity index is 1.85. The lowest BCUT2D eigenvalue weighted by atomic mass is 10.0. The molecule has 1 atom stereocenters. The van der Waals surface area contributed by atoms with E-state index < -0.39 is 0 Å². The number of likely N-dealkylation sites (tertiary alicyclic amines) is 1. The van der Waals surface area contributed by atoms with Crippen molar-refractivity contribution in [2.24, 2.45) is 11.7 Å². The van der Waals surface area contributed by atoms with E-state index in [1.54, 1.807) is 0 Å². The van der Waals surface area contributed by atoms with E-state index in [0.29, 0.717) is 12.5 Å². The van der Waals surface area contributed by atoms with Crippen molar-refractivity contribution in [3.63, 3.8) is 0 Å². The average molecular weight is 300 g/mol. The van der Waals surface area contributed by atoms with Gasteiger partial charge in [0.2, 0.25) is 0 Å². The highest BCUT2D eigenvalue weighted by molar-refractivity contribution is 7.12. The number of amides is 1. The predicted octanol–water partition coefficient (Wildman–Crippen LogP) is 3.14. The Morgan fingerprint density at radius 3 is 2.76 bits per heavy atom. The van der Waals surface area contributed by atoms with Gasteiger partial charge in [0.15, 0.2) is 0 Å². The quantitative estimate of drug-likeness (QED) is 0.946. The fourth-order valence-corrected chi connectivity index (χ4v) is 3.67. The normalized spacial score (nSPS) is 18.2. The molecule has 0 aliphatic carbocycles. The molecule has 1 unspecified atom stereocenters. The van der Waals surface area contributed by atoms with Crippen LogP contribution in [0.15, 0.2) is 35.7 Å². The van der Waals surface area contributed by atoms with Crippen LogP contribution in [0.5, 0.6) is 0 Å². The van der Waals surface area contributed by atoms with E-state index in [4.69, 9.17) is 5.73 Å². The number of aryl methyl sites for hydroxylation is 1. The van der Waals surface area contributed by atoms with Crippen molar-refractivity contribution in [2.45, 2.75) is 13.3 Å². The maximum Gasteiger partial charge on any atom is 0.264 e. The zero-order valence-electron chi connectivity index (χ0n) is 12.2. The molecule has 1 saturated heterocycles. The van der Waals surface area contributed by atoms with E-state index in [1.807, 2.05) is 16.3 Å². The SMILES string of the molecule is Cc1ccc(-c2ccsc2C(=O)N2CCC(CN)C2)cc1. The molecule has 1 aliphatic heterocycles. The number of nitrogens with zero attached hydrogens (tertiary/aromatic N) is 1. The molecule has 4 heteroatoms. The van der Waals surface area contributed by atoms with E-state index in [9.17, 15) is 4.79 Å². The first kappa shape index (κ1) is 14.3. The topological polar surface area (TPSA) is 46.3 Å². The summed E-state index contributed by atoms with van der Waals surface area (Å²) in [5.74, 6) is 0.605. The number of rotatable bonds is 3. The van der Waals surface area contributed by atoms with Gasteiger partial charge in [-0.15, -0.1) is 11.3 Å². The third kappa shape index (κ3) is 2.87. The van der Waals surface area contributed by atoms with Crippen LogP contribution in [0.1, 0.15) is 21.7 Å². The molecule has 1 fully saturated rings. The number of hydrogen-bond donors (Lipinski definition) is 1. The number of thiophene rings is 1. The van der Waals surface area contributed by atoms with Gasteiger partial charge in [0, 0.05) is 18.7 Å². The Labute approximate surface area is 129 Å². The molecule has 1 aliphatic rings. The zero-order chi connectivity index (χ0) is 14.8. The van der Waals surface area contributed by atoms with Gasteiger partial charge in [-0.05, 0) is 42.8 Å². The molecule has 0 bridgehead atoms. The summed E-state index contributed by atoms with van der Waals surface area (Å²) in [6, 6.07) is 10.4. The lowest BCUT2D eigenvalue weighted by Gasteiger charge is -2.16. The summed E-state index contributed by atoms with van der Waals surface area (Å²) < 4.78 is 0. The van der Waals surface area contributed by atoms with Gasteiger partial charge in [-0.1, -0.05) is 29.8 Å². The van der Waals surface area contributed by atoms with Gasteiger partial charge in [-0.2, -0.15) is 0 Å². The second kappa shape index (κ2) is 6.00. The second-order valence-electron chi connectivity index (χ2n) is 5.67. The highest BCUT2D eigenvalue weighted by Gasteiger charge is 2.28. The third-order valence-corrected chi connectivity index (χ3v) is 5.03. The standard InChI is InChI=1S/C17H20N2OS/c1-12-2-4-14(5-3-12)15-7-9-21-16(15)17(20)19-8-6-13(10-18)11-19/h2-5,7,9,13H,6,8,10-11,18H2,1H3. The largest absolute Gasteiger partial charge is 0.338 e. The van der Waals surface area contributed by atoms with Crippen LogP contribution in [0.2, 0.25) is 0 Å². The maximum absolute atomic E-state index is 12.7. The van der Waals surface area contributed by atoms with Gasteiger partial charge in [-0.3, -0.25) is 4.79 Å². The van der Waals surface area contributed by atoms with Crippen molar-refractivity contribution in [1.82, 2.24) is 4.90 Å². The minimum Gasteiger partial charge on any atom is -0.338 e. The van der Waals surface area contributed by atoms with Gasteiger partial charge < -0.3 is 10.6 Å². The molecule has 3 nitrogen and oxygen atoms in total. The van der Waals surface area contributed by atoms with Crippen LogP contribution in [0.4, 0.5) is 0 Å². The minimum atomic E-state index is 0.150. The molecule has 3 rings (SSSR count). The van der Waals surface area contributed by atoms with Crippen molar-refractivity contribution in [3.8, 4) is 11.1 Å². The zero-order valence-corrected chi connectivity index (χ0v) is 13.0. The average Bonchev–Trinajstić information content (AvgIpc) is 3.16. The first-order valence-corrected chi connectivity index (χ1v) is 8.21. The van der Waals surface area contributed by atoms with Crippen LogP contribution in [0, 0.1) is 12.8 Å². The molecular weight excluding hydrogens is 280 g/mol. The lowest BCUT2D eigenvalue weighted by molar-refractivity contribution is 0.0793. The fraction of sp³-hybridized carbons (Fsp3) is 0.353. The van der Waals surface area contributed by atoms with E-state index in [0.717, 1.165) is 35.5 Å². The van der Waals surface area contributed by atoms with Crippen LogP contribution in [-0.4, -0.2) is 30.4 Å². The summed E-state index contributed by atoms with van der Waals surface area (Å²) in [5.41, 5.74) is 9.10. The number of hydrogen-bond acceptors (Lipinski definition) is 3. The van der Waals surface area contributed by atoms with Gasteiger partial charge in [0.1, 0.15) is 0 Å². The minimum absolute atomic E-state index is 0.150. The smallest absolute Gasteiger partial charge is 0.264 e. The summed E-state index contributed by atoms with van der Waals surface area (Å²) >= 11 is 1.53. The second-order valence-corrected chi connectivity index (χ2v) is 6.59. The highest BCUT2D eigenvalue weighted by Crippen LogP contribution is 2.31. The number of carbonyl (C=O) groups is 1. The molecule has 0 spiro atoms. The first-order chi connectivity index (χ1) is 10.2. The number of benzene rings is 1. The van der Waals surface area contributed by atoms with Crippen LogP contribution in [-0.2, 0) is 0 Å². The first-order valence-electron chi connectivity index (χ1n) is 7.33. The van der Waals surface area contributed by atoms with E-state index in [-0.39, 0.29) is 5.91 Å². The Bertz CT molecular complexity index is 632. The fourth-order valence-electron chi connectivity index (χ4n) is 2.79. The summed E-state index contributed by atoms with van der Waals surface area (Å²) in [5, 5.41) is 2.00. The van der Waals surface area contributed by atoms with Crippen molar-refractivity contribution < 1.29 is 4.79 Å². The number of nitrogens with two attached hydrogens (primary N) is 1. The molecule has 1 aromatic carbocycles. The Kier molecular flexibility index (Phi) is 4.08.